The van der Waals surface area contributed by atoms with Crippen molar-refractivity contribution in [2.45, 2.75) is 19.3 Å². The molecule has 0 heterocycles. The largest absolute Gasteiger partial charge is 0.399 e. The van der Waals surface area contributed by atoms with Gasteiger partial charge in [0, 0.05) is 39.2 Å². The number of aryl methyl sites for hydroxylation is 1. The molecule has 0 fully saturated rings. The number of hydrogen-bond acceptors (Lipinski definition) is 3. The van der Waals surface area contributed by atoms with Gasteiger partial charge in [-0.15, -0.1) is 0 Å². The summed E-state index contributed by atoms with van der Waals surface area (Å²) >= 11 is 0. The summed E-state index contributed by atoms with van der Waals surface area (Å²) in [4.78, 5) is 24.4. The first-order valence-electron chi connectivity index (χ1n) is 6.31. The molecule has 1 rings (SSSR count). The Labute approximate surface area is 113 Å². The Morgan fingerprint density at radius 1 is 1.21 bits per heavy atom. The summed E-state index contributed by atoms with van der Waals surface area (Å²) in [6.07, 6.45) is 1.32. The molecule has 3 N–H and O–H groups in total. The summed E-state index contributed by atoms with van der Waals surface area (Å²) < 4.78 is 0. The Hall–Kier alpha value is -2.04. The van der Waals surface area contributed by atoms with E-state index in [0.717, 1.165) is 5.56 Å². The van der Waals surface area contributed by atoms with E-state index in [-0.39, 0.29) is 11.8 Å². The number of anilines is 1. The molecule has 0 saturated heterocycles. The van der Waals surface area contributed by atoms with Crippen molar-refractivity contribution in [3.63, 3.8) is 0 Å². The van der Waals surface area contributed by atoms with Gasteiger partial charge in [-0.2, -0.15) is 0 Å². The number of carbonyl (C=O) groups is 2. The minimum atomic E-state index is -0.0604. The number of amides is 2. The van der Waals surface area contributed by atoms with Crippen molar-refractivity contribution < 1.29 is 9.59 Å². The molecule has 0 aliphatic heterocycles. The second-order valence-electron chi connectivity index (χ2n) is 4.59. The molecule has 0 unspecified atom stereocenters. The lowest BCUT2D eigenvalue weighted by atomic mass is 10.1. The summed E-state index contributed by atoms with van der Waals surface area (Å²) in [5, 5.41) is 2.73. The highest BCUT2D eigenvalue weighted by molar-refractivity contribution is 5.79. The SMILES string of the molecule is CN(C)C(=O)CCNC(=O)CCc1ccccc1N. The molecule has 1 aromatic carbocycles. The van der Waals surface area contributed by atoms with Crippen LogP contribution in [0.25, 0.3) is 0 Å². The van der Waals surface area contributed by atoms with Crippen molar-refractivity contribution >= 4 is 17.5 Å². The number of rotatable bonds is 6. The van der Waals surface area contributed by atoms with Gasteiger partial charge in [-0.1, -0.05) is 18.2 Å². The van der Waals surface area contributed by atoms with Crippen LogP contribution in [0.1, 0.15) is 18.4 Å². The maximum absolute atomic E-state index is 11.6. The van der Waals surface area contributed by atoms with Crippen LogP contribution < -0.4 is 11.1 Å². The number of hydrogen-bond donors (Lipinski definition) is 2. The third-order valence-electron chi connectivity index (χ3n) is 2.84. The van der Waals surface area contributed by atoms with Gasteiger partial charge in [-0.3, -0.25) is 9.59 Å². The first-order valence-corrected chi connectivity index (χ1v) is 6.31. The van der Waals surface area contributed by atoms with E-state index in [2.05, 4.69) is 5.32 Å². The average Bonchev–Trinajstić information content (AvgIpc) is 2.37. The van der Waals surface area contributed by atoms with Crippen molar-refractivity contribution in [3.8, 4) is 0 Å². The lowest BCUT2D eigenvalue weighted by molar-refractivity contribution is -0.128. The average molecular weight is 263 g/mol. The molecular weight excluding hydrogens is 242 g/mol. The fourth-order valence-electron chi connectivity index (χ4n) is 1.63. The van der Waals surface area contributed by atoms with Gasteiger partial charge in [0.15, 0.2) is 0 Å². The molecule has 0 aliphatic rings. The predicted octanol–water partition coefficient (Wildman–Crippen LogP) is 0.796. The summed E-state index contributed by atoms with van der Waals surface area (Å²) in [5.41, 5.74) is 7.48. The molecule has 5 heteroatoms. The Morgan fingerprint density at radius 3 is 2.53 bits per heavy atom. The van der Waals surface area contributed by atoms with Gasteiger partial charge < -0.3 is 16.0 Å². The molecule has 2 amide bonds. The Bertz CT molecular complexity index is 444. The predicted molar refractivity (Wildman–Crippen MR) is 75.5 cm³/mol. The number of nitrogens with zero attached hydrogens (tertiary/aromatic N) is 1. The van der Waals surface area contributed by atoms with Gasteiger partial charge in [-0.05, 0) is 18.1 Å². The van der Waals surface area contributed by atoms with Gasteiger partial charge >= 0.3 is 0 Å². The molecule has 0 aromatic heterocycles. The summed E-state index contributed by atoms with van der Waals surface area (Å²) in [6, 6.07) is 7.51. The number of nitrogens with two attached hydrogens (primary N) is 1. The smallest absolute Gasteiger partial charge is 0.223 e. The first-order chi connectivity index (χ1) is 9.00. The van der Waals surface area contributed by atoms with Crippen molar-refractivity contribution in [3.05, 3.63) is 29.8 Å². The zero-order chi connectivity index (χ0) is 14.3. The van der Waals surface area contributed by atoms with E-state index >= 15 is 0 Å². The maximum Gasteiger partial charge on any atom is 0.223 e. The van der Waals surface area contributed by atoms with Crippen LogP contribution >= 0.6 is 0 Å². The van der Waals surface area contributed by atoms with Crippen LogP contribution in [-0.2, 0) is 16.0 Å². The molecule has 5 nitrogen and oxygen atoms in total. The van der Waals surface area contributed by atoms with Crippen LogP contribution in [0.2, 0.25) is 0 Å². The highest BCUT2D eigenvalue weighted by Crippen LogP contribution is 2.12. The van der Waals surface area contributed by atoms with E-state index in [1.807, 2.05) is 24.3 Å². The lowest BCUT2D eigenvalue weighted by Gasteiger charge is -2.10. The second-order valence-corrected chi connectivity index (χ2v) is 4.59. The number of para-hydroxylation sites is 1. The van der Waals surface area contributed by atoms with Gasteiger partial charge in [0.1, 0.15) is 0 Å². The van der Waals surface area contributed by atoms with E-state index in [1.54, 1.807) is 14.1 Å². The van der Waals surface area contributed by atoms with Gasteiger partial charge in [0.05, 0.1) is 0 Å². The molecule has 0 saturated carbocycles. The van der Waals surface area contributed by atoms with Gasteiger partial charge in [0.25, 0.3) is 0 Å². The molecule has 0 bridgehead atoms. The van der Waals surface area contributed by atoms with Gasteiger partial charge in [0.2, 0.25) is 11.8 Å². The molecule has 0 spiro atoms. The van der Waals surface area contributed by atoms with E-state index in [0.29, 0.717) is 31.5 Å². The van der Waals surface area contributed by atoms with Crippen molar-refractivity contribution in [1.82, 2.24) is 10.2 Å². The summed E-state index contributed by atoms with van der Waals surface area (Å²) in [7, 11) is 3.39. The number of carbonyl (C=O) groups excluding carboxylic acids is 2. The molecule has 1 aromatic rings. The highest BCUT2D eigenvalue weighted by Gasteiger charge is 2.06. The molecular formula is C14H21N3O2. The Morgan fingerprint density at radius 2 is 1.89 bits per heavy atom. The van der Waals surface area contributed by atoms with E-state index < -0.39 is 0 Å². The molecule has 104 valence electrons. The third-order valence-corrected chi connectivity index (χ3v) is 2.84. The minimum absolute atomic E-state index is 0.00704. The fourth-order valence-corrected chi connectivity index (χ4v) is 1.63. The third kappa shape index (κ3) is 5.42. The topological polar surface area (TPSA) is 75.4 Å². The zero-order valence-corrected chi connectivity index (χ0v) is 11.5. The molecule has 19 heavy (non-hydrogen) atoms. The van der Waals surface area contributed by atoms with Crippen LogP contribution in [0.4, 0.5) is 5.69 Å². The normalized spacial score (nSPS) is 10.0. The van der Waals surface area contributed by atoms with Crippen molar-refractivity contribution in [2.75, 3.05) is 26.4 Å². The van der Waals surface area contributed by atoms with Crippen LogP contribution in [-0.4, -0.2) is 37.4 Å². The maximum atomic E-state index is 11.6. The van der Waals surface area contributed by atoms with E-state index in [1.165, 1.54) is 4.90 Å². The zero-order valence-electron chi connectivity index (χ0n) is 11.5. The molecule has 0 radical (unpaired) electrons. The standard InChI is InChI=1S/C14H21N3O2/c1-17(2)14(19)9-10-16-13(18)8-7-11-5-3-4-6-12(11)15/h3-6H,7-10,15H2,1-2H3,(H,16,18). The van der Waals surface area contributed by atoms with Crippen LogP contribution in [0.15, 0.2) is 24.3 Å². The van der Waals surface area contributed by atoms with Crippen LogP contribution in [0.3, 0.4) is 0 Å². The second kappa shape index (κ2) is 7.41. The molecule has 0 atom stereocenters. The number of benzene rings is 1. The first kappa shape index (κ1) is 15.0. The lowest BCUT2D eigenvalue weighted by Crippen LogP contribution is -2.30. The van der Waals surface area contributed by atoms with Gasteiger partial charge in [-0.25, -0.2) is 0 Å². The number of nitrogens with one attached hydrogen (secondary N) is 1. The monoisotopic (exact) mass is 263 g/mol. The van der Waals surface area contributed by atoms with E-state index in [9.17, 15) is 9.59 Å². The minimum Gasteiger partial charge on any atom is -0.399 e. The van der Waals surface area contributed by atoms with Crippen LogP contribution in [0, 0.1) is 0 Å². The quantitative estimate of drug-likeness (QED) is 0.745. The Balaban J connectivity index is 2.25. The Kier molecular flexibility index (Phi) is 5.85. The van der Waals surface area contributed by atoms with Crippen molar-refractivity contribution in [1.29, 1.82) is 0 Å². The molecule has 0 aliphatic carbocycles. The summed E-state index contributed by atoms with van der Waals surface area (Å²) in [5.74, 6) is -0.0533. The van der Waals surface area contributed by atoms with Crippen LogP contribution in [0.5, 0.6) is 0 Å². The van der Waals surface area contributed by atoms with E-state index in [4.69, 9.17) is 5.73 Å². The number of nitrogen functional groups attached to an aromatic ring is 1. The summed E-state index contributed by atoms with van der Waals surface area (Å²) in [6.45, 7) is 0.375. The van der Waals surface area contributed by atoms with Crippen molar-refractivity contribution in [2.24, 2.45) is 0 Å². The highest BCUT2D eigenvalue weighted by atomic mass is 16.2. The fraction of sp³-hybridized carbons (Fsp3) is 0.429.